The van der Waals surface area contributed by atoms with Crippen molar-refractivity contribution in [3.8, 4) is 5.75 Å². The van der Waals surface area contributed by atoms with Gasteiger partial charge in [0.25, 0.3) is 0 Å². The van der Waals surface area contributed by atoms with E-state index >= 15 is 0 Å². The van der Waals surface area contributed by atoms with Gasteiger partial charge in [-0.05, 0) is 24.1 Å². The van der Waals surface area contributed by atoms with E-state index in [1.165, 1.54) is 7.11 Å². The van der Waals surface area contributed by atoms with Crippen molar-refractivity contribution in [1.29, 1.82) is 0 Å². The number of carboxylic acids is 1. The van der Waals surface area contributed by atoms with Crippen LogP contribution >= 0.6 is 23.2 Å². The summed E-state index contributed by atoms with van der Waals surface area (Å²) in [7, 11) is 1.49. The highest BCUT2D eigenvalue weighted by Gasteiger charge is 2.10. The summed E-state index contributed by atoms with van der Waals surface area (Å²) in [4.78, 5) is 10.4. The maximum atomic E-state index is 10.4. The number of carboxylic acid groups (broad SMARTS) is 1. The lowest BCUT2D eigenvalue weighted by Crippen LogP contribution is -2.00. The smallest absolute Gasteiger partial charge is 0.303 e. The van der Waals surface area contributed by atoms with E-state index in [1.54, 1.807) is 12.1 Å². The van der Waals surface area contributed by atoms with Gasteiger partial charge in [-0.25, -0.2) is 0 Å². The molecular weight excluding hydrogens is 239 g/mol. The average molecular weight is 249 g/mol. The van der Waals surface area contributed by atoms with Crippen molar-refractivity contribution >= 4 is 29.2 Å². The van der Waals surface area contributed by atoms with Crippen LogP contribution in [0.5, 0.6) is 5.75 Å². The Kier molecular flexibility index (Phi) is 4.24. The first-order chi connectivity index (χ1) is 7.04. The molecule has 0 spiro atoms. The second-order valence-corrected chi connectivity index (χ2v) is 3.82. The van der Waals surface area contributed by atoms with Gasteiger partial charge in [0, 0.05) is 11.4 Å². The van der Waals surface area contributed by atoms with Gasteiger partial charge in [-0.1, -0.05) is 23.2 Å². The Labute approximate surface area is 97.6 Å². The van der Waals surface area contributed by atoms with Crippen molar-refractivity contribution in [2.75, 3.05) is 7.11 Å². The third-order valence-electron chi connectivity index (χ3n) is 1.90. The molecule has 0 aliphatic rings. The number of ether oxygens (including phenoxy) is 1. The first-order valence-electron chi connectivity index (χ1n) is 4.28. The van der Waals surface area contributed by atoms with Crippen LogP contribution in [0.2, 0.25) is 10.0 Å². The quantitative estimate of drug-likeness (QED) is 0.892. The standard InChI is InChI=1S/C10H10Cl2O3/c1-15-10-6(2-3-9(13)14)4-7(11)5-8(10)12/h4-5H,2-3H2,1H3,(H,13,14). The van der Waals surface area contributed by atoms with Crippen LogP contribution in [0.4, 0.5) is 0 Å². The fraction of sp³-hybridized carbons (Fsp3) is 0.300. The summed E-state index contributed by atoms with van der Waals surface area (Å²) in [6.07, 6.45) is 0.367. The van der Waals surface area contributed by atoms with Gasteiger partial charge in [-0.15, -0.1) is 0 Å². The first kappa shape index (κ1) is 12.1. The predicted octanol–water partition coefficient (Wildman–Crippen LogP) is 3.02. The highest BCUT2D eigenvalue weighted by Crippen LogP contribution is 2.32. The zero-order chi connectivity index (χ0) is 11.4. The van der Waals surface area contributed by atoms with Gasteiger partial charge in [-0.2, -0.15) is 0 Å². The monoisotopic (exact) mass is 248 g/mol. The largest absolute Gasteiger partial charge is 0.495 e. The van der Waals surface area contributed by atoms with Gasteiger partial charge in [-0.3, -0.25) is 4.79 Å². The molecule has 0 bridgehead atoms. The molecule has 0 fully saturated rings. The van der Waals surface area contributed by atoms with Gasteiger partial charge in [0.2, 0.25) is 0 Å². The molecule has 1 aromatic rings. The lowest BCUT2D eigenvalue weighted by molar-refractivity contribution is -0.136. The highest BCUT2D eigenvalue weighted by molar-refractivity contribution is 6.35. The molecule has 1 rings (SSSR count). The van der Waals surface area contributed by atoms with Crippen LogP contribution < -0.4 is 4.74 Å². The molecule has 0 atom stereocenters. The number of rotatable bonds is 4. The highest BCUT2D eigenvalue weighted by atomic mass is 35.5. The van der Waals surface area contributed by atoms with E-state index in [2.05, 4.69) is 0 Å². The molecule has 0 radical (unpaired) electrons. The minimum absolute atomic E-state index is 0.0209. The molecule has 1 aromatic carbocycles. The molecule has 82 valence electrons. The SMILES string of the molecule is COc1c(Cl)cc(Cl)cc1CCC(=O)O. The van der Waals surface area contributed by atoms with Crippen molar-refractivity contribution in [2.24, 2.45) is 0 Å². The number of aliphatic carboxylic acids is 1. The van der Waals surface area contributed by atoms with Crippen LogP contribution in [0, 0.1) is 0 Å². The van der Waals surface area contributed by atoms with E-state index in [4.69, 9.17) is 33.0 Å². The Hall–Kier alpha value is -0.930. The fourth-order valence-corrected chi connectivity index (χ4v) is 1.88. The normalized spacial score (nSPS) is 10.1. The number of halogens is 2. The van der Waals surface area contributed by atoms with E-state index in [1.807, 2.05) is 0 Å². The second kappa shape index (κ2) is 5.24. The van der Waals surface area contributed by atoms with Crippen molar-refractivity contribution < 1.29 is 14.6 Å². The van der Waals surface area contributed by atoms with Crippen LogP contribution in [0.1, 0.15) is 12.0 Å². The van der Waals surface area contributed by atoms with Crippen LogP contribution in [0.25, 0.3) is 0 Å². The van der Waals surface area contributed by atoms with E-state index in [9.17, 15) is 4.79 Å². The summed E-state index contributed by atoms with van der Waals surface area (Å²) in [6, 6.07) is 3.22. The summed E-state index contributed by atoms with van der Waals surface area (Å²) < 4.78 is 5.08. The van der Waals surface area contributed by atoms with Crippen LogP contribution in [-0.4, -0.2) is 18.2 Å². The number of benzene rings is 1. The summed E-state index contributed by atoms with van der Waals surface area (Å²) in [5.41, 5.74) is 0.706. The maximum absolute atomic E-state index is 10.4. The maximum Gasteiger partial charge on any atom is 0.303 e. The van der Waals surface area contributed by atoms with Gasteiger partial charge >= 0.3 is 5.97 Å². The van der Waals surface area contributed by atoms with Crippen molar-refractivity contribution in [2.45, 2.75) is 12.8 Å². The van der Waals surface area contributed by atoms with Gasteiger partial charge in [0.1, 0.15) is 5.75 Å². The van der Waals surface area contributed by atoms with E-state index in [-0.39, 0.29) is 6.42 Å². The molecule has 0 unspecified atom stereocenters. The zero-order valence-electron chi connectivity index (χ0n) is 8.09. The Morgan fingerprint density at radius 1 is 1.47 bits per heavy atom. The number of carbonyl (C=O) groups is 1. The van der Waals surface area contributed by atoms with Crippen LogP contribution in [0.15, 0.2) is 12.1 Å². The number of methoxy groups -OCH3 is 1. The predicted molar refractivity (Wildman–Crippen MR) is 59.0 cm³/mol. The lowest BCUT2D eigenvalue weighted by Gasteiger charge is -2.09. The molecule has 0 amide bonds. The van der Waals surface area contributed by atoms with Gasteiger partial charge < -0.3 is 9.84 Å². The Morgan fingerprint density at radius 2 is 2.13 bits per heavy atom. The fourth-order valence-electron chi connectivity index (χ4n) is 1.27. The van der Waals surface area contributed by atoms with Crippen molar-refractivity contribution in [3.05, 3.63) is 27.7 Å². The molecule has 0 saturated carbocycles. The number of hydrogen-bond acceptors (Lipinski definition) is 2. The minimum Gasteiger partial charge on any atom is -0.495 e. The van der Waals surface area contributed by atoms with Crippen LogP contribution in [0.3, 0.4) is 0 Å². The Bertz CT molecular complexity index is 377. The topological polar surface area (TPSA) is 46.5 Å². The molecule has 0 saturated heterocycles. The third kappa shape index (κ3) is 3.29. The molecule has 15 heavy (non-hydrogen) atoms. The van der Waals surface area contributed by atoms with E-state index in [0.717, 1.165) is 0 Å². The molecular formula is C10H10Cl2O3. The minimum atomic E-state index is -0.867. The number of hydrogen-bond donors (Lipinski definition) is 1. The zero-order valence-corrected chi connectivity index (χ0v) is 9.60. The third-order valence-corrected chi connectivity index (χ3v) is 2.40. The molecule has 1 N–H and O–H groups in total. The lowest BCUT2D eigenvalue weighted by atomic mass is 10.1. The summed E-state index contributed by atoms with van der Waals surface area (Å²) in [5, 5.41) is 9.44. The Morgan fingerprint density at radius 3 is 2.67 bits per heavy atom. The molecule has 0 aromatic heterocycles. The first-order valence-corrected chi connectivity index (χ1v) is 5.04. The molecule has 5 heteroatoms. The molecule has 0 heterocycles. The summed E-state index contributed by atoms with van der Waals surface area (Å²) in [6.45, 7) is 0. The van der Waals surface area contributed by atoms with Crippen molar-refractivity contribution in [3.63, 3.8) is 0 Å². The van der Waals surface area contributed by atoms with E-state index in [0.29, 0.717) is 27.8 Å². The molecule has 0 aliphatic heterocycles. The van der Waals surface area contributed by atoms with Crippen molar-refractivity contribution in [1.82, 2.24) is 0 Å². The second-order valence-electron chi connectivity index (χ2n) is 2.97. The van der Waals surface area contributed by atoms with Gasteiger partial charge in [0.15, 0.2) is 0 Å². The molecule has 3 nitrogen and oxygen atoms in total. The average Bonchev–Trinajstić information content (AvgIpc) is 2.13. The molecule has 0 aliphatic carbocycles. The van der Waals surface area contributed by atoms with Gasteiger partial charge in [0.05, 0.1) is 12.1 Å². The Balaban J connectivity index is 2.98. The summed E-state index contributed by atoms with van der Waals surface area (Å²) in [5.74, 6) is -0.379. The van der Waals surface area contributed by atoms with E-state index < -0.39 is 5.97 Å². The summed E-state index contributed by atoms with van der Waals surface area (Å²) >= 11 is 11.7. The van der Waals surface area contributed by atoms with Crippen LogP contribution in [-0.2, 0) is 11.2 Å². The number of aryl methyl sites for hydroxylation is 1.